The first-order chi connectivity index (χ1) is 11.9. The van der Waals surface area contributed by atoms with E-state index in [4.69, 9.17) is 0 Å². The summed E-state index contributed by atoms with van der Waals surface area (Å²) in [6.45, 7) is 3.99. The Bertz CT molecular complexity index is 840. The number of fused-ring (bicyclic) bond motifs is 1. The number of hydrogen-bond acceptors (Lipinski definition) is 5. The number of thiophene rings is 1. The lowest BCUT2D eigenvalue weighted by Gasteiger charge is -2.16. The molecule has 1 aliphatic carbocycles. The van der Waals surface area contributed by atoms with Gasteiger partial charge in [-0.15, -0.1) is 11.3 Å². The number of nitro groups is 1. The second-order valence-corrected chi connectivity index (χ2v) is 7.49. The minimum absolute atomic E-state index is 0.0268. The van der Waals surface area contributed by atoms with Crippen molar-refractivity contribution >= 4 is 28.6 Å². The number of carbonyl (C=O) groups excluding carboxylic acids is 1. The Labute approximate surface area is 149 Å². The van der Waals surface area contributed by atoms with Crippen LogP contribution in [0.1, 0.15) is 45.9 Å². The van der Waals surface area contributed by atoms with E-state index in [0.717, 1.165) is 18.4 Å². The molecule has 0 radical (unpaired) electrons. The summed E-state index contributed by atoms with van der Waals surface area (Å²) < 4.78 is 0. The quantitative estimate of drug-likeness (QED) is 0.511. The van der Waals surface area contributed by atoms with Gasteiger partial charge in [-0.05, 0) is 61.4 Å². The highest BCUT2D eigenvalue weighted by atomic mass is 32.1. The molecule has 0 fully saturated rings. The van der Waals surface area contributed by atoms with Gasteiger partial charge >= 0.3 is 0 Å². The Balaban J connectivity index is 1.68. The van der Waals surface area contributed by atoms with E-state index in [1.54, 1.807) is 30.4 Å². The number of hydrazone groups is 1. The molecule has 1 heterocycles. The SMILES string of the molecule is CC(=NNC(=O)c1cc2c(s1)CCC(C)C2)c1ccc([N+](=O)[O-])cc1. The van der Waals surface area contributed by atoms with Gasteiger partial charge in [0.1, 0.15) is 0 Å². The minimum atomic E-state index is -0.447. The van der Waals surface area contributed by atoms with Crippen LogP contribution >= 0.6 is 11.3 Å². The molecule has 1 amide bonds. The standard InChI is InChI=1S/C18H19N3O3S/c1-11-3-8-16-14(9-11)10-17(25-16)18(22)20-19-12(2)13-4-6-15(7-5-13)21(23)24/h4-7,10-11H,3,8-9H2,1-2H3,(H,20,22). The van der Waals surface area contributed by atoms with E-state index in [-0.39, 0.29) is 11.6 Å². The van der Waals surface area contributed by atoms with Gasteiger partial charge in [-0.25, -0.2) is 5.43 Å². The Morgan fingerprint density at radius 3 is 2.76 bits per heavy atom. The highest BCUT2D eigenvalue weighted by molar-refractivity contribution is 7.14. The largest absolute Gasteiger partial charge is 0.281 e. The van der Waals surface area contributed by atoms with E-state index in [9.17, 15) is 14.9 Å². The number of aryl methyl sites for hydroxylation is 1. The fourth-order valence-corrected chi connectivity index (χ4v) is 3.99. The van der Waals surface area contributed by atoms with Crippen LogP contribution in [0.4, 0.5) is 5.69 Å². The molecule has 130 valence electrons. The van der Waals surface area contributed by atoms with Gasteiger partial charge in [-0.3, -0.25) is 14.9 Å². The van der Waals surface area contributed by atoms with Gasteiger partial charge in [0, 0.05) is 17.0 Å². The lowest BCUT2D eigenvalue weighted by molar-refractivity contribution is -0.384. The Hall–Kier alpha value is -2.54. The van der Waals surface area contributed by atoms with Crippen LogP contribution in [0.5, 0.6) is 0 Å². The lowest BCUT2D eigenvalue weighted by atomic mass is 9.90. The van der Waals surface area contributed by atoms with Crippen LogP contribution in [0.3, 0.4) is 0 Å². The summed E-state index contributed by atoms with van der Waals surface area (Å²) in [5, 5.41) is 14.8. The first-order valence-corrected chi connectivity index (χ1v) is 8.96. The summed E-state index contributed by atoms with van der Waals surface area (Å²) in [5.74, 6) is 0.453. The van der Waals surface area contributed by atoms with E-state index >= 15 is 0 Å². The van der Waals surface area contributed by atoms with Crippen LogP contribution in [0.2, 0.25) is 0 Å². The lowest BCUT2D eigenvalue weighted by Crippen LogP contribution is -2.18. The summed E-state index contributed by atoms with van der Waals surface area (Å²) in [6.07, 6.45) is 3.25. The molecule has 25 heavy (non-hydrogen) atoms. The van der Waals surface area contributed by atoms with E-state index in [1.165, 1.54) is 29.0 Å². The first-order valence-electron chi connectivity index (χ1n) is 8.15. The predicted octanol–water partition coefficient (Wildman–Crippen LogP) is 3.94. The average molecular weight is 357 g/mol. The van der Waals surface area contributed by atoms with Gasteiger partial charge in [0.2, 0.25) is 0 Å². The number of benzene rings is 1. The zero-order valence-corrected chi connectivity index (χ0v) is 14.9. The first kappa shape index (κ1) is 17.3. The fourth-order valence-electron chi connectivity index (χ4n) is 2.90. The van der Waals surface area contributed by atoms with Crippen molar-refractivity contribution in [2.45, 2.75) is 33.1 Å². The minimum Gasteiger partial charge on any atom is -0.266 e. The number of non-ortho nitro benzene ring substituents is 1. The molecule has 1 N–H and O–H groups in total. The monoisotopic (exact) mass is 357 g/mol. The molecule has 1 aromatic carbocycles. The number of carbonyl (C=O) groups is 1. The van der Waals surface area contributed by atoms with Crippen molar-refractivity contribution in [1.82, 2.24) is 5.43 Å². The molecule has 2 aromatic rings. The summed E-state index contributed by atoms with van der Waals surface area (Å²) in [6, 6.07) is 8.06. The molecule has 0 aliphatic heterocycles. The molecule has 0 saturated heterocycles. The van der Waals surface area contributed by atoms with Gasteiger partial charge < -0.3 is 0 Å². The van der Waals surface area contributed by atoms with Crippen molar-refractivity contribution < 1.29 is 9.72 Å². The molecule has 0 spiro atoms. The normalized spacial score (nSPS) is 17.0. The van der Waals surface area contributed by atoms with Crippen LogP contribution in [-0.4, -0.2) is 16.5 Å². The highest BCUT2D eigenvalue weighted by Gasteiger charge is 2.20. The number of hydrogen-bond donors (Lipinski definition) is 1. The molecule has 1 aromatic heterocycles. The van der Waals surface area contributed by atoms with Crippen LogP contribution in [0.25, 0.3) is 0 Å². The van der Waals surface area contributed by atoms with Gasteiger partial charge in [0.25, 0.3) is 11.6 Å². The third-order valence-electron chi connectivity index (χ3n) is 4.37. The second kappa shape index (κ2) is 7.14. The smallest absolute Gasteiger partial charge is 0.266 e. The maximum absolute atomic E-state index is 12.3. The molecule has 6 nitrogen and oxygen atoms in total. The number of rotatable bonds is 4. The van der Waals surface area contributed by atoms with Crippen molar-refractivity contribution in [3.8, 4) is 0 Å². The summed E-state index contributed by atoms with van der Waals surface area (Å²) in [4.78, 5) is 24.5. The van der Waals surface area contributed by atoms with Crippen molar-refractivity contribution in [3.05, 3.63) is 61.3 Å². The maximum atomic E-state index is 12.3. The zero-order chi connectivity index (χ0) is 18.0. The number of nitrogens with zero attached hydrogens (tertiary/aromatic N) is 2. The Morgan fingerprint density at radius 2 is 2.08 bits per heavy atom. The molecular formula is C18H19N3O3S. The van der Waals surface area contributed by atoms with Gasteiger partial charge in [0.15, 0.2) is 0 Å². The summed E-state index contributed by atoms with van der Waals surface area (Å²) in [5.41, 5.74) is 5.21. The molecule has 0 saturated carbocycles. The van der Waals surface area contributed by atoms with Crippen molar-refractivity contribution in [2.75, 3.05) is 0 Å². The van der Waals surface area contributed by atoms with E-state index in [2.05, 4.69) is 17.5 Å². The molecule has 1 unspecified atom stereocenters. The van der Waals surface area contributed by atoms with Gasteiger partial charge in [-0.2, -0.15) is 5.10 Å². The predicted molar refractivity (Wildman–Crippen MR) is 98.3 cm³/mol. The molecule has 1 aliphatic rings. The molecule has 7 heteroatoms. The number of nitro benzene ring substituents is 1. The molecule has 3 rings (SSSR count). The molecular weight excluding hydrogens is 338 g/mol. The Morgan fingerprint density at radius 1 is 1.36 bits per heavy atom. The van der Waals surface area contributed by atoms with Crippen LogP contribution < -0.4 is 5.43 Å². The fraction of sp³-hybridized carbons (Fsp3) is 0.333. The topological polar surface area (TPSA) is 84.6 Å². The van der Waals surface area contributed by atoms with Crippen molar-refractivity contribution in [3.63, 3.8) is 0 Å². The van der Waals surface area contributed by atoms with Gasteiger partial charge in [0.05, 0.1) is 15.5 Å². The van der Waals surface area contributed by atoms with E-state index in [1.807, 2.05) is 6.07 Å². The summed E-state index contributed by atoms with van der Waals surface area (Å²) in [7, 11) is 0. The third-order valence-corrected chi connectivity index (χ3v) is 5.61. The van der Waals surface area contributed by atoms with Crippen molar-refractivity contribution in [2.24, 2.45) is 11.0 Å². The Kier molecular flexibility index (Phi) is 4.94. The van der Waals surface area contributed by atoms with Crippen LogP contribution in [0.15, 0.2) is 35.4 Å². The van der Waals surface area contributed by atoms with E-state index < -0.39 is 4.92 Å². The number of amides is 1. The molecule has 0 bridgehead atoms. The second-order valence-electron chi connectivity index (χ2n) is 6.35. The van der Waals surface area contributed by atoms with E-state index in [0.29, 0.717) is 16.5 Å². The van der Waals surface area contributed by atoms with Crippen LogP contribution in [0, 0.1) is 16.0 Å². The maximum Gasteiger partial charge on any atom is 0.281 e. The summed E-state index contributed by atoms with van der Waals surface area (Å²) >= 11 is 1.54. The average Bonchev–Trinajstić information content (AvgIpc) is 3.02. The van der Waals surface area contributed by atoms with Crippen LogP contribution in [-0.2, 0) is 12.8 Å². The number of nitrogens with one attached hydrogen (secondary N) is 1. The highest BCUT2D eigenvalue weighted by Crippen LogP contribution is 2.32. The molecule has 1 atom stereocenters. The van der Waals surface area contributed by atoms with Gasteiger partial charge in [-0.1, -0.05) is 6.92 Å². The third kappa shape index (κ3) is 3.93. The zero-order valence-electron chi connectivity index (χ0n) is 14.1. The van der Waals surface area contributed by atoms with Crippen molar-refractivity contribution in [1.29, 1.82) is 0 Å².